The van der Waals surface area contributed by atoms with E-state index in [1.165, 1.54) is 31.5 Å². The van der Waals surface area contributed by atoms with Crippen molar-refractivity contribution in [3.8, 4) is 0 Å². The van der Waals surface area contributed by atoms with Gasteiger partial charge in [0.2, 0.25) is 0 Å². The van der Waals surface area contributed by atoms with Crippen molar-refractivity contribution >= 4 is 11.3 Å². The minimum absolute atomic E-state index is 0.650. The molecule has 1 N–H and O–H groups in total. The van der Waals surface area contributed by atoms with E-state index < -0.39 is 0 Å². The van der Waals surface area contributed by atoms with Crippen LogP contribution in [0.25, 0.3) is 0 Å². The summed E-state index contributed by atoms with van der Waals surface area (Å²) in [4.78, 5) is 6.96. The summed E-state index contributed by atoms with van der Waals surface area (Å²) < 4.78 is 5.06. The maximum atomic E-state index is 5.06. The molecule has 0 amide bonds. The fourth-order valence-electron chi connectivity index (χ4n) is 2.47. The second-order valence-corrected chi connectivity index (χ2v) is 5.52. The number of aromatic nitrogens is 1. The second kappa shape index (κ2) is 7.84. The van der Waals surface area contributed by atoms with Crippen molar-refractivity contribution in [2.75, 3.05) is 33.4 Å². The number of ether oxygens (including phenoxy) is 1. The van der Waals surface area contributed by atoms with E-state index >= 15 is 0 Å². The van der Waals surface area contributed by atoms with E-state index in [-0.39, 0.29) is 0 Å². The summed E-state index contributed by atoms with van der Waals surface area (Å²) in [6.07, 6.45) is 3.97. The maximum absolute atomic E-state index is 5.06. The van der Waals surface area contributed by atoms with Crippen LogP contribution in [-0.2, 0) is 11.3 Å². The summed E-state index contributed by atoms with van der Waals surface area (Å²) in [6.45, 7) is 5.00. The normalized spacial score (nSPS) is 21.3. The molecule has 1 fully saturated rings. The average Bonchev–Trinajstić information content (AvgIpc) is 2.89. The van der Waals surface area contributed by atoms with Crippen molar-refractivity contribution in [1.29, 1.82) is 0 Å². The van der Waals surface area contributed by atoms with Crippen LogP contribution < -0.4 is 5.32 Å². The number of piperidine rings is 1. The van der Waals surface area contributed by atoms with Crippen LogP contribution >= 0.6 is 11.3 Å². The van der Waals surface area contributed by atoms with Gasteiger partial charge in [-0.05, 0) is 19.4 Å². The van der Waals surface area contributed by atoms with Gasteiger partial charge in [-0.25, -0.2) is 4.98 Å². The SMILES string of the molecule is COCCNCC1CCCCN1Cc1cscn1. The quantitative estimate of drug-likeness (QED) is 0.765. The summed E-state index contributed by atoms with van der Waals surface area (Å²) in [5.74, 6) is 0. The molecule has 1 unspecified atom stereocenters. The van der Waals surface area contributed by atoms with Gasteiger partial charge in [0.25, 0.3) is 0 Å². The minimum atomic E-state index is 0.650. The summed E-state index contributed by atoms with van der Waals surface area (Å²) in [5, 5.41) is 5.64. The van der Waals surface area contributed by atoms with Crippen molar-refractivity contribution in [2.24, 2.45) is 0 Å². The molecule has 1 aromatic rings. The molecule has 5 heteroatoms. The molecule has 1 aliphatic rings. The topological polar surface area (TPSA) is 37.4 Å². The van der Waals surface area contributed by atoms with Crippen molar-refractivity contribution in [3.63, 3.8) is 0 Å². The van der Waals surface area contributed by atoms with Gasteiger partial charge in [0.15, 0.2) is 0 Å². The van der Waals surface area contributed by atoms with Crippen LogP contribution in [0.1, 0.15) is 25.0 Å². The first-order valence-electron chi connectivity index (χ1n) is 6.71. The Labute approximate surface area is 113 Å². The van der Waals surface area contributed by atoms with Gasteiger partial charge in [-0.2, -0.15) is 0 Å². The van der Waals surface area contributed by atoms with Crippen LogP contribution in [0.15, 0.2) is 10.9 Å². The van der Waals surface area contributed by atoms with E-state index in [0.29, 0.717) is 6.04 Å². The molecule has 2 heterocycles. The lowest BCUT2D eigenvalue weighted by Crippen LogP contribution is -2.45. The predicted octanol–water partition coefficient (Wildman–Crippen LogP) is 1.73. The number of likely N-dealkylation sites (tertiary alicyclic amines) is 1. The van der Waals surface area contributed by atoms with Gasteiger partial charge in [-0.3, -0.25) is 4.90 Å². The van der Waals surface area contributed by atoms with Crippen molar-refractivity contribution in [2.45, 2.75) is 31.8 Å². The third kappa shape index (κ3) is 4.31. The number of thiazole rings is 1. The van der Waals surface area contributed by atoms with Gasteiger partial charge in [0.1, 0.15) is 0 Å². The molecule has 18 heavy (non-hydrogen) atoms. The molecule has 0 aliphatic carbocycles. The Bertz CT molecular complexity index is 318. The zero-order chi connectivity index (χ0) is 12.6. The molecule has 0 spiro atoms. The molecular formula is C13H23N3OS. The van der Waals surface area contributed by atoms with E-state index in [1.807, 2.05) is 5.51 Å². The number of hydrogen-bond acceptors (Lipinski definition) is 5. The molecule has 4 nitrogen and oxygen atoms in total. The van der Waals surface area contributed by atoms with Crippen LogP contribution in [0.3, 0.4) is 0 Å². The summed E-state index contributed by atoms with van der Waals surface area (Å²) >= 11 is 1.68. The number of nitrogens with zero attached hydrogens (tertiary/aromatic N) is 2. The fourth-order valence-corrected chi connectivity index (χ4v) is 3.02. The highest BCUT2D eigenvalue weighted by Crippen LogP contribution is 2.19. The summed E-state index contributed by atoms with van der Waals surface area (Å²) in [5.41, 5.74) is 3.13. The van der Waals surface area contributed by atoms with Gasteiger partial charge in [0.05, 0.1) is 17.8 Å². The maximum Gasteiger partial charge on any atom is 0.0795 e. The van der Waals surface area contributed by atoms with Crippen molar-refractivity contribution < 1.29 is 4.74 Å². The third-order valence-electron chi connectivity index (χ3n) is 3.46. The predicted molar refractivity (Wildman–Crippen MR) is 74.9 cm³/mol. The lowest BCUT2D eigenvalue weighted by molar-refractivity contribution is 0.132. The third-order valence-corrected chi connectivity index (χ3v) is 4.10. The van der Waals surface area contributed by atoms with E-state index in [4.69, 9.17) is 4.74 Å². The largest absolute Gasteiger partial charge is 0.383 e. The zero-order valence-electron chi connectivity index (χ0n) is 11.1. The van der Waals surface area contributed by atoms with E-state index in [1.54, 1.807) is 18.4 Å². The Morgan fingerprint density at radius 2 is 2.50 bits per heavy atom. The van der Waals surface area contributed by atoms with Crippen molar-refractivity contribution in [3.05, 3.63) is 16.6 Å². The monoisotopic (exact) mass is 269 g/mol. The number of rotatable bonds is 7. The zero-order valence-corrected chi connectivity index (χ0v) is 11.9. The Balaban J connectivity index is 1.78. The second-order valence-electron chi connectivity index (χ2n) is 4.80. The molecule has 2 rings (SSSR count). The Kier molecular flexibility index (Phi) is 6.07. The summed E-state index contributed by atoms with van der Waals surface area (Å²) in [7, 11) is 1.75. The first kappa shape index (κ1) is 13.9. The molecule has 102 valence electrons. The molecular weight excluding hydrogens is 246 g/mol. The van der Waals surface area contributed by atoms with Crippen LogP contribution in [0.2, 0.25) is 0 Å². The summed E-state index contributed by atoms with van der Waals surface area (Å²) in [6, 6.07) is 0.650. The van der Waals surface area contributed by atoms with Gasteiger partial charge in [-0.1, -0.05) is 6.42 Å². The molecule has 0 saturated carbocycles. The number of hydrogen-bond donors (Lipinski definition) is 1. The molecule has 1 atom stereocenters. The first-order chi connectivity index (χ1) is 8.90. The number of nitrogens with one attached hydrogen (secondary N) is 1. The van der Waals surface area contributed by atoms with E-state index in [2.05, 4.69) is 20.6 Å². The molecule has 0 radical (unpaired) electrons. The Morgan fingerprint density at radius 3 is 3.28 bits per heavy atom. The highest BCUT2D eigenvalue weighted by molar-refractivity contribution is 7.07. The minimum Gasteiger partial charge on any atom is -0.383 e. The standard InChI is InChI=1S/C13H23N3OS/c1-17-7-5-14-8-13-4-2-3-6-16(13)9-12-10-18-11-15-12/h10-11,13-14H,2-9H2,1H3. The van der Waals surface area contributed by atoms with Crippen LogP contribution in [-0.4, -0.2) is 49.3 Å². The first-order valence-corrected chi connectivity index (χ1v) is 7.65. The average molecular weight is 269 g/mol. The van der Waals surface area contributed by atoms with Gasteiger partial charge >= 0.3 is 0 Å². The van der Waals surface area contributed by atoms with E-state index in [9.17, 15) is 0 Å². The molecule has 0 bridgehead atoms. The van der Waals surface area contributed by atoms with Gasteiger partial charge in [-0.15, -0.1) is 11.3 Å². The lowest BCUT2D eigenvalue weighted by atomic mass is 10.0. The highest BCUT2D eigenvalue weighted by atomic mass is 32.1. The number of methoxy groups -OCH3 is 1. The van der Waals surface area contributed by atoms with Gasteiger partial charge < -0.3 is 10.1 Å². The highest BCUT2D eigenvalue weighted by Gasteiger charge is 2.22. The fraction of sp³-hybridized carbons (Fsp3) is 0.769. The molecule has 1 aromatic heterocycles. The molecule has 0 aromatic carbocycles. The molecule has 1 saturated heterocycles. The molecule has 1 aliphatic heterocycles. The smallest absolute Gasteiger partial charge is 0.0795 e. The van der Waals surface area contributed by atoms with Gasteiger partial charge in [0, 0.05) is 38.2 Å². The Hall–Kier alpha value is -0.490. The van der Waals surface area contributed by atoms with E-state index in [0.717, 1.165) is 26.2 Å². The van der Waals surface area contributed by atoms with Crippen LogP contribution in [0.5, 0.6) is 0 Å². The van der Waals surface area contributed by atoms with Crippen LogP contribution in [0, 0.1) is 0 Å². The van der Waals surface area contributed by atoms with Crippen LogP contribution in [0.4, 0.5) is 0 Å². The van der Waals surface area contributed by atoms with Crippen molar-refractivity contribution in [1.82, 2.24) is 15.2 Å². The lowest BCUT2D eigenvalue weighted by Gasteiger charge is -2.35. The Morgan fingerprint density at radius 1 is 1.56 bits per heavy atom.